The summed E-state index contributed by atoms with van der Waals surface area (Å²) in [5.74, 6) is 0. The summed E-state index contributed by atoms with van der Waals surface area (Å²) in [6.07, 6.45) is 1.86. The molecule has 0 aromatic carbocycles. The normalized spacial score (nSPS) is 10.3. The van der Waals surface area contributed by atoms with Crippen molar-refractivity contribution < 1.29 is 0 Å². The fraction of sp³-hybridized carbons (Fsp3) is 0.250. The van der Waals surface area contributed by atoms with Crippen LogP contribution in [0.15, 0.2) is 11.6 Å². The maximum Gasteiger partial charge on any atom is 0.183 e. The van der Waals surface area contributed by atoms with Crippen molar-refractivity contribution in [3.05, 3.63) is 17.3 Å². The van der Waals surface area contributed by atoms with Crippen molar-refractivity contribution in [2.45, 2.75) is 6.92 Å². The molecule has 1 N–H and O–H groups in total. The molecule has 2 aromatic rings. The number of thiazole rings is 2. The third-order valence-corrected chi connectivity index (χ3v) is 3.69. The first-order valence-electron chi connectivity index (χ1n) is 3.85. The second-order valence-corrected chi connectivity index (χ2v) is 4.46. The first-order chi connectivity index (χ1) is 6.29. The lowest BCUT2D eigenvalue weighted by atomic mass is 10.5. The maximum atomic E-state index is 4.39. The van der Waals surface area contributed by atoms with Gasteiger partial charge < -0.3 is 5.32 Å². The summed E-state index contributed by atoms with van der Waals surface area (Å²) in [7, 11) is 1.87. The molecule has 0 spiro atoms. The van der Waals surface area contributed by atoms with E-state index in [1.165, 1.54) is 0 Å². The molecule has 0 unspecified atom stereocenters. The number of aryl methyl sites for hydroxylation is 1. The fourth-order valence-electron chi connectivity index (χ4n) is 0.956. The van der Waals surface area contributed by atoms with Crippen LogP contribution in [0.25, 0.3) is 9.88 Å². The Kier molecular flexibility index (Phi) is 2.28. The van der Waals surface area contributed by atoms with Gasteiger partial charge in [0.15, 0.2) is 5.13 Å². The Balaban J connectivity index is 2.35. The van der Waals surface area contributed by atoms with Crippen molar-refractivity contribution in [2.24, 2.45) is 0 Å². The van der Waals surface area contributed by atoms with Gasteiger partial charge in [-0.15, -0.1) is 11.3 Å². The SMILES string of the molecule is CNc1ncc(-c2nc(C)cs2)s1. The highest BCUT2D eigenvalue weighted by molar-refractivity contribution is 7.23. The molecular weight excluding hydrogens is 202 g/mol. The third-order valence-electron chi connectivity index (χ3n) is 1.55. The summed E-state index contributed by atoms with van der Waals surface area (Å²) in [5.41, 5.74) is 1.07. The van der Waals surface area contributed by atoms with Gasteiger partial charge in [-0.05, 0) is 6.92 Å². The van der Waals surface area contributed by atoms with Gasteiger partial charge in [0.2, 0.25) is 0 Å². The van der Waals surface area contributed by atoms with Crippen LogP contribution in [0.4, 0.5) is 5.13 Å². The van der Waals surface area contributed by atoms with Crippen LogP contribution in [0, 0.1) is 6.92 Å². The summed E-state index contributed by atoms with van der Waals surface area (Å²) in [5, 5.41) is 7.04. The molecule has 5 heteroatoms. The lowest BCUT2D eigenvalue weighted by Crippen LogP contribution is -1.83. The zero-order valence-electron chi connectivity index (χ0n) is 7.37. The van der Waals surface area contributed by atoms with E-state index in [-0.39, 0.29) is 0 Å². The summed E-state index contributed by atoms with van der Waals surface area (Å²) >= 11 is 3.28. The van der Waals surface area contributed by atoms with E-state index in [0.29, 0.717) is 0 Å². The van der Waals surface area contributed by atoms with Crippen LogP contribution >= 0.6 is 22.7 Å². The van der Waals surface area contributed by atoms with Crippen molar-refractivity contribution in [3.63, 3.8) is 0 Å². The van der Waals surface area contributed by atoms with Gasteiger partial charge in [-0.3, -0.25) is 0 Å². The van der Waals surface area contributed by atoms with Gasteiger partial charge in [0.05, 0.1) is 11.1 Å². The maximum absolute atomic E-state index is 4.39. The molecule has 2 rings (SSSR count). The van der Waals surface area contributed by atoms with Crippen molar-refractivity contribution in [2.75, 3.05) is 12.4 Å². The Labute approximate surface area is 84.5 Å². The van der Waals surface area contributed by atoms with E-state index < -0.39 is 0 Å². The molecule has 0 atom stereocenters. The molecule has 68 valence electrons. The van der Waals surface area contributed by atoms with Gasteiger partial charge in [0, 0.05) is 18.1 Å². The Morgan fingerprint density at radius 3 is 2.85 bits per heavy atom. The van der Waals surface area contributed by atoms with Crippen LogP contribution in [-0.2, 0) is 0 Å². The summed E-state index contributed by atoms with van der Waals surface area (Å²) in [4.78, 5) is 9.71. The predicted molar refractivity (Wildman–Crippen MR) is 57.5 cm³/mol. The topological polar surface area (TPSA) is 37.8 Å². The first kappa shape index (κ1) is 8.65. The van der Waals surface area contributed by atoms with E-state index >= 15 is 0 Å². The molecule has 0 amide bonds. The average Bonchev–Trinajstić information content (AvgIpc) is 2.71. The van der Waals surface area contributed by atoms with Gasteiger partial charge in [-0.1, -0.05) is 11.3 Å². The highest BCUT2D eigenvalue weighted by Gasteiger charge is 2.06. The fourth-order valence-corrected chi connectivity index (χ4v) is 2.58. The van der Waals surface area contributed by atoms with Gasteiger partial charge in [-0.25, -0.2) is 9.97 Å². The number of hydrogen-bond donors (Lipinski definition) is 1. The van der Waals surface area contributed by atoms with Crippen LogP contribution < -0.4 is 5.32 Å². The minimum Gasteiger partial charge on any atom is -0.365 e. The molecule has 2 heterocycles. The highest BCUT2D eigenvalue weighted by Crippen LogP contribution is 2.30. The summed E-state index contributed by atoms with van der Waals surface area (Å²) < 4.78 is 0. The van der Waals surface area contributed by atoms with Gasteiger partial charge in [0.25, 0.3) is 0 Å². The van der Waals surface area contributed by atoms with E-state index in [4.69, 9.17) is 0 Å². The number of aromatic nitrogens is 2. The minimum absolute atomic E-state index is 0.933. The number of rotatable bonds is 2. The number of anilines is 1. The molecule has 0 bridgehead atoms. The Hall–Kier alpha value is -0.940. The summed E-state index contributed by atoms with van der Waals surface area (Å²) in [6, 6.07) is 0. The monoisotopic (exact) mass is 211 g/mol. The Morgan fingerprint density at radius 1 is 1.46 bits per heavy atom. The predicted octanol–water partition coefficient (Wildman–Crippen LogP) is 2.62. The van der Waals surface area contributed by atoms with Gasteiger partial charge in [-0.2, -0.15) is 0 Å². The van der Waals surface area contributed by atoms with Crippen molar-refractivity contribution in [3.8, 4) is 9.88 Å². The zero-order chi connectivity index (χ0) is 9.26. The minimum atomic E-state index is 0.933. The van der Waals surface area contributed by atoms with E-state index in [1.807, 2.05) is 25.5 Å². The molecule has 0 aliphatic rings. The van der Waals surface area contributed by atoms with Crippen LogP contribution in [0.3, 0.4) is 0 Å². The second kappa shape index (κ2) is 3.43. The van der Waals surface area contributed by atoms with E-state index in [2.05, 4.69) is 15.3 Å². The molecule has 2 aromatic heterocycles. The number of nitrogens with one attached hydrogen (secondary N) is 1. The quantitative estimate of drug-likeness (QED) is 0.829. The lowest BCUT2D eigenvalue weighted by Gasteiger charge is -1.87. The molecular formula is C8H9N3S2. The average molecular weight is 211 g/mol. The third kappa shape index (κ3) is 1.71. The molecule has 0 saturated heterocycles. The number of hydrogen-bond acceptors (Lipinski definition) is 5. The summed E-state index contributed by atoms with van der Waals surface area (Å²) in [6.45, 7) is 2.00. The van der Waals surface area contributed by atoms with Crippen LogP contribution in [0.1, 0.15) is 5.69 Å². The van der Waals surface area contributed by atoms with E-state index in [1.54, 1.807) is 22.7 Å². The molecule has 0 radical (unpaired) electrons. The van der Waals surface area contributed by atoms with Crippen molar-refractivity contribution >= 4 is 27.8 Å². The molecule has 3 nitrogen and oxygen atoms in total. The van der Waals surface area contributed by atoms with Crippen molar-refractivity contribution in [1.82, 2.24) is 9.97 Å². The Bertz CT molecular complexity index is 405. The zero-order valence-corrected chi connectivity index (χ0v) is 9.00. The van der Waals surface area contributed by atoms with Crippen molar-refractivity contribution in [1.29, 1.82) is 0 Å². The highest BCUT2D eigenvalue weighted by atomic mass is 32.1. The Morgan fingerprint density at radius 2 is 2.31 bits per heavy atom. The second-order valence-electron chi connectivity index (χ2n) is 2.57. The largest absolute Gasteiger partial charge is 0.365 e. The van der Waals surface area contributed by atoms with E-state index in [0.717, 1.165) is 20.7 Å². The lowest BCUT2D eigenvalue weighted by molar-refractivity contribution is 1.27. The van der Waals surface area contributed by atoms with Gasteiger partial charge >= 0.3 is 0 Å². The first-order valence-corrected chi connectivity index (χ1v) is 5.55. The molecule has 0 fully saturated rings. The standard InChI is InChI=1S/C8H9N3S2/c1-5-4-12-7(11-5)6-3-10-8(9-2)13-6/h3-4H,1-2H3,(H,9,10). The van der Waals surface area contributed by atoms with Crippen LogP contribution in [0.5, 0.6) is 0 Å². The van der Waals surface area contributed by atoms with Crippen LogP contribution in [0.2, 0.25) is 0 Å². The smallest absolute Gasteiger partial charge is 0.183 e. The van der Waals surface area contributed by atoms with Gasteiger partial charge in [0.1, 0.15) is 5.01 Å². The molecule has 0 aliphatic heterocycles. The molecule has 0 aliphatic carbocycles. The molecule has 0 saturated carbocycles. The van der Waals surface area contributed by atoms with E-state index in [9.17, 15) is 0 Å². The van der Waals surface area contributed by atoms with Crippen LogP contribution in [-0.4, -0.2) is 17.0 Å². The molecule has 13 heavy (non-hydrogen) atoms. The number of nitrogens with zero attached hydrogens (tertiary/aromatic N) is 2.